The van der Waals surface area contributed by atoms with Gasteiger partial charge in [0.2, 0.25) is 5.95 Å². The molecule has 2 aromatic heterocycles. The minimum Gasteiger partial charge on any atom is -0.357 e. The summed E-state index contributed by atoms with van der Waals surface area (Å²) in [6.07, 6.45) is 3.51. The highest BCUT2D eigenvalue weighted by Gasteiger charge is 2.23. The fraction of sp³-hybridized carbons (Fsp3) is 0.278. The maximum atomic E-state index is 13.3. The van der Waals surface area contributed by atoms with Crippen LogP contribution >= 0.6 is 0 Å². The van der Waals surface area contributed by atoms with E-state index in [-0.39, 0.29) is 11.4 Å². The molecule has 0 atom stereocenters. The first kappa shape index (κ1) is 16.1. The van der Waals surface area contributed by atoms with Gasteiger partial charge >= 0.3 is 0 Å². The van der Waals surface area contributed by atoms with Crippen LogP contribution in [0.2, 0.25) is 0 Å². The number of hydrogen-bond donors (Lipinski definition) is 1. The molecule has 3 rings (SSSR count). The minimum absolute atomic E-state index is 0.175. The van der Waals surface area contributed by atoms with E-state index < -0.39 is 0 Å². The Labute approximate surface area is 140 Å². The molecule has 0 saturated carbocycles. The van der Waals surface area contributed by atoms with E-state index in [4.69, 9.17) is 0 Å². The van der Waals surface area contributed by atoms with Crippen molar-refractivity contribution in [2.75, 3.05) is 12.4 Å². The van der Waals surface area contributed by atoms with Crippen LogP contribution in [0.1, 0.15) is 20.8 Å². The van der Waals surface area contributed by atoms with Crippen LogP contribution in [0.25, 0.3) is 22.6 Å². The smallest absolute Gasteiger partial charge is 0.222 e. The van der Waals surface area contributed by atoms with E-state index >= 15 is 0 Å². The molecule has 0 radical (unpaired) electrons. The molecule has 0 aliphatic carbocycles. The molecule has 124 valence electrons. The Bertz CT molecular complexity index is 847. The molecule has 0 amide bonds. The monoisotopic (exact) mass is 325 g/mol. The Hall–Kier alpha value is -2.76. The van der Waals surface area contributed by atoms with Crippen molar-refractivity contribution >= 4 is 5.95 Å². The van der Waals surface area contributed by atoms with Crippen LogP contribution < -0.4 is 5.32 Å². The normalized spacial score (nSPS) is 11.5. The van der Waals surface area contributed by atoms with Crippen LogP contribution in [0.4, 0.5) is 10.3 Å². The van der Waals surface area contributed by atoms with Gasteiger partial charge in [0.1, 0.15) is 5.82 Å². The Balaban J connectivity index is 2.24. The largest absolute Gasteiger partial charge is 0.357 e. The van der Waals surface area contributed by atoms with E-state index in [2.05, 4.69) is 45.6 Å². The lowest BCUT2D eigenvalue weighted by molar-refractivity contribution is 0.400. The summed E-state index contributed by atoms with van der Waals surface area (Å²) >= 11 is 0. The molecular weight excluding hydrogens is 305 g/mol. The van der Waals surface area contributed by atoms with Crippen LogP contribution in [0.15, 0.2) is 42.9 Å². The first-order valence-corrected chi connectivity index (χ1v) is 7.75. The van der Waals surface area contributed by atoms with Crippen molar-refractivity contribution in [1.29, 1.82) is 0 Å². The summed E-state index contributed by atoms with van der Waals surface area (Å²) in [5.41, 5.74) is 3.09. The number of nitrogens with zero attached hydrogens (tertiary/aromatic N) is 4. The summed E-state index contributed by atoms with van der Waals surface area (Å²) in [5, 5.41) is 2.95. The number of imidazole rings is 1. The fourth-order valence-corrected chi connectivity index (χ4v) is 2.53. The van der Waals surface area contributed by atoms with Gasteiger partial charge in [-0.25, -0.2) is 19.3 Å². The molecule has 24 heavy (non-hydrogen) atoms. The molecule has 3 aromatic rings. The topological polar surface area (TPSA) is 55.6 Å². The highest BCUT2D eigenvalue weighted by Crippen LogP contribution is 2.34. The zero-order valence-electron chi connectivity index (χ0n) is 14.2. The summed E-state index contributed by atoms with van der Waals surface area (Å²) in [7, 11) is 1.78. The number of aromatic nitrogens is 4. The third kappa shape index (κ3) is 2.99. The number of rotatable bonds is 3. The van der Waals surface area contributed by atoms with Gasteiger partial charge in [-0.15, -0.1) is 0 Å². The predicted octanol–water partition coefficient (Wildman–Crippen LogP) is 3.94. The average Bonchev–Trinajstić information content (AvgIpc) is 3.01. The molecule has 6 heteroatoms. The van der Waals surface area contributed by atoms with Crippen molar-refractivity contribution < 1.29 is 4.39 Å². The molecule has 0 fully saturated rings. The SMILES string of the molecule is CNc1nccc(-c2c(-c3ccc(F)cc3)ncn2C(C)(C)C)n1. The quantitative estimate of drug-likeness (QED) is 0.792. The van der Waals surface area contributed by atoms with Crippen molar-refractivity contribution in [3.63, 3.8) is 0 Å². The zero-order chi connectivity index (χ0) is 17.3. The molecule has 0 aliphatic rings. The van der Waals surface area contributed by atoms with Gasteiger partial charge in [-0.1, -0.05) is 0 Å². The second-order valence-corrected chi connectivity index (χ2v) is 6.50. The summed E-state index contributed by atoms with van der Waals surface area (Å²) in [6.45, 7) is 6.31. The molecule has 0 bridgehead atoms. The second kappa shape index (κ2) is 6.03. The van der Waals surface area contributed by atoms with Crippen LogP contribution in [-0.4, -0.2) is 26.6 Å². The minimum atomic E-state index is -0.268. The van der Waals surface area contributed by atoms with Crippen molar-refractivity contribution in [3.8, 4) is 22.6 Å². The standard InChI is InChI=1S/C18H20FN5/c1-18(2,3)24-11-22-15(12-5-7-13(19)8-6-12)16(24)14-9-10-21-17(20-4)23-14/h5-11H,1-4H3,(H,20,21,23). The molecule has 1 aromatic carbocycles. The highest BCUT2D eigenvalue weighted by molar-refractivity contribution is 5.77. The lowest BCUT2D eigenvalue weighted by Crippen LogP contribution is -2.22. The average molecular weight is 325 g/mol. The number of halogens is 1. The van der Waals surface area contributed by atoms with E-state index in [1.807, 2.05) is 6.07 Å². The summed E-state index contributed by atoms with van der Waals surface area (Å²) < 4.78 is 15.3. The van der Waals surface area contributed by atoms with E-state index in [0.717, 1.165) is 22.6 Å². The number of benzene rings is 1. The lowest BCUT2D eigenvalue weighted by Gasteiger charge is -2.24. The maximum Gasteiger partial charge on any atom is 0.222 e. The van der Waals surface area contributed by atoms with Gasteiger partial charge in [0, 0.05) is 24.3 Å². The van der Waals surface area contributed by atoms with Gasteiger partial charge in [0.15, 0.2) is 0 Å². The molecule has 5 nitrogen and oxygen atoms in total. The van der Waals surface area contributed by atoms with Gasteiger partial charge in [0.25, 0.3) is 0 Å². The van der Waals surface area contributed by atoms with Gasteiger partial charge in [-0.2, -0.15) is 0 Å². The van der Waals surface area contributed by atoms with Gasteiger partial charge in [-0.05, 0) is 51.1 Å². The number of hydrogen-bond acceptors (Lipinski definition) is 4. The lowest BCUT2D eigenvalue weighted by atomic mass is 10.0. The molecule has 2 heterocycles. The van der Waals surface area contributed by atoms with Crippen molar-refractivity contribution in [1.82, 2.24) is 19.5 Å². The van der Waals surface area contributed by atoms with Crippen LogP contribution in [-0.2, 0) is 5.54 Å². The van der Waals surface area contributed by atoms with Gasteiger partial charge in [0.05, 0.1) is 23.4 Å². The molecule has 1 N–H and O–H groups in total. The first-order chi connectivity index (χ1) is 11.4. The third-order valence-corrected chi connectivity index (χ3v) is 3.73. The summed E-state index contributed by atoms with van der Waals surface area (Å²) in [4.78, 5) is 13.3. The molecule has 0 unspecified atom stereocenters. The number of anilines is 1. The first-order valence-electron chi connectivity index (χ1n) is 7.75. The van der Waals surface area contributed by atoms with E-state index in [9.17, 15) is 4.39 Å². The summed E-state index contributed by atoms with van der Waals surface area (Å²) in [5.74, 6) is 0.272. The van der Waals surface area contributed by atoms with Crippen molar-refractivity contribution in [2.45, 2.75) is 26.3 Å². The van der Waals surface area contributed by atoms with Crippen LogP contribution in [0.5, 0.6) is 0 Å². The summed E-state index contributed by atoms with van der Waals surface area (Å²) in [6, 6.07) is 8.19. The van der Waals surface area contributed by atoms with Crippen LogP contribution in [0.3, 0.4) is 0 Å². The molecular formula is C18H20FN5. The van der Waals surface area contributed by atoms with Crippen molar-refractivity contribution in [3.05, 3.63) is 48.7 Å². The fourth-order valence-electron chi connectivity index (χ4n) is 2.53. The zero-order valence-corrected chi connectivity index (χ0v) is 14.2. The Morgan fingerprint density at radius 2 is 1.75 bits per heavy atom. The van der Waals surface area contributed by atoms with E-state index in [1.165, 1.54) is 12.1 Å². The Kier molecular flexibility index (Phi) is 4.05. The molecule has 0 saturated heterocycles. The Morgan fingerprint density at radius 3 is 2.38 bits per heavy atom. The van der Waals surface area contributed by atoms with Crippen LogP contribution in [0, 0.1) is 5.82 Å². The van der Waals surface area contributed by atoms with Crippen molar-refractivity contribution in [2.24, 2.45) is 0 Å². The van der Waals surface area contributed by atoms with Gasteiger partial charge in [-0.3, -0.25) is 0 Å². The highest BCUT2D eigenvalue weighted by atomic mass is 19.1. The maximum absolute atomic E-state index is 13.3. The van der Waals surface area contributed by atoms with E-state index in [1.54, 1.807) is 31.7 Å². The van der Waals surface area contributed by atoms with Gasteiger partial charge < -0.3 is 9.88 Å². The Morgan fingerprint density at radius 1 is 1.04 bits per heavy atom. The third-order valence-electron chi connectivity index (χ3n) is 3.73. The molecule has 0 aliphatic heterocycles. The second-order valence-electron chi connectivity index (χ2n) is 6.50. The molecule has 0 spiro atoms. The van der Waals surface area contributed by atoms with E-state index in [0.29, 0.717) is 5.95 Å². The predicted molar refractivity (Wildman–Crippen MR) is 93.2 cm³/mol. The number of nitrogens with one attached hydrogen (secondary N) is 1.